The molecule has 5 nitrogen and oxygen atoms in total. The molecule has 0 saturated carbocycles. The summed E-state index contributed by atoms with van der Waals surface area (Å²) in [6, 6.07) is 103. The minimum absolute atomic E-state index is 0.0710. The molecule has 17 rings (SSSR count). The molecule has 2 aliphatic heterocycles. The van der Waals surface area contributed by atoms with Crippen molar-refractivity contribution in [2.45, 2.75) is 183 Å². The van der Waals surface area contributed by atoms with E-state index in [4.69, 9.17) is 0 Å². The lowest BCUT2D eigenvalue weighted by molar-refractivity contribution is 0.568. The van der Waals surface area contributed by atoms with Gasteiger partial charge >= 0.3 is 0 Å². The molecule has 562 valence electrons. The molecule has 2 aliphatic rings. The summed E-state index contributed by atoms with van der Waals surface area (Å²) in [7, 11) is 0. The van der Waals surface area contributed by atoms with Crippen molar-refractivity contribution in [3.63, 3.8) is 0 Å². The van der Waals surface area contributed by atoms with Crippen LogP contribution in [0.1, 0.15) is 190 Å². The highest BCUT2D eigenvalue weighted by molar-refractivity contribution is 7.00. The van der Waals surface area contributed by atoms with Gasteiger partial charge in [-0.2, -0.15) is 5.26 Å². The van der Waals surface area contributed by atoms with Crippen molar-refractivity contribution >= 4 is 101 Å². The highest BCUT2D eigenvalue weighted by Crippen LogP contribution is 2.52. The first-order valence-corrected chi connectivity index (χ1v) is 40.7. The molecule has 0 atom stereocenters. The Kier molecular flexibility index (Phi) is 17.3. The standard InChI is InChI=1S/C107H106BN5/c1-101(2,3)75-33-29-32-67(49-75)71-48-70(66-30-23-22-24-31-66)54-84(55-71)112-97-64-83(110-93-46-40-76(102(4,5)6)61-87(93)88-62-77(103(7,8)9)41-47-94(88)110)43-45-90(97)108-89-44-39-68(72-50-78(104(10,11)12)59-79(51-72)105(13,14)15)56-96(89)111(98-57-74(58-99(112)100(98)108)73-52-80(106(16,17)18)60-81(53-73)107(19,20)21)82-42-38-69(65-109)95(63-82)113-91-36-27-25-34-85(91)86-35-26-28-37-92(86)113/h22-64H,1-21H3. The highest BCUT2D eigenvalue weighted by atomic mass is 15.2. The van der Waals surface area contributed by atoms with Crippen LogP contribution in [0.4, 0.5) is 34.1 Å². The summed E-state index contributed by atoms with van der Waals surface area (Å²) in [5.74, 6) is 0. The second kappa shape index (κ2) is 26.4. The van der Waals surface area contributed by atoms with Gasteiger partial charge in [-0.1, -0.05) is 303 Å². The van der Waals surface area contributed by atoms with E-state index in [-0.39, 0.29) is 44.6 Å². The Bertz CT molecular complexity index is 6240. The fourth-order valence-electron chi connectivity index (χ4n) is 17.6. The Morgan fingerprint density at radius 3 is 1.13 bits per heavy atom. The molecule has 0 N–H and O–H groups in total. The minimum Gasteiger partial charge on any atom is -0.311 e. The fraction of sp³-hybridized carbons (Fsp3) is 0.262. The number of anilines is 6. The lowest BCUT2D eigenvalue weighted by Crippen LogP contribution is -2.61. The number of hydrogen-bond acceptors (Lipinski definition) is 3. The fourth-order valence-corrected chi connectivity index (χ4v) is 17.6. The Hall–Kier alpha value is -11.4. The van der Waals surface area contributed by atoms with E-state index < -0.39 is 0 Å². The van der Waals surface area contributed by atoms with Crippen LogP contribution in [0.15, 0.2) is 261 Å². The number of benzene rings is 13. The third-order valence-corrected chi connectivity index (χ3v) is 24.3. The predicted molar refractivity (Wildman–Crippen MR) is 487 cm³/mol. The van der Waals surface area contributed by atoms with Crippen LogP contribution in [0, 0.1) is 11.3 Å². The van der Waals surface area contributed by atoms with Gasteiger partial charge < -0.3 is 18.9 Å². The van der Waals surface area contributed by atoms with Gasteiger partial charge in [-0.3, -0.25) is 0 Å². The predicted octanol–water partition coefficient (Wildman–Crippen LogP) is 27.6. The molecule has 113 heavy (non-hydrogen) atoms. The van der Waals surface area contributed by atoms with E-state index >= 15 is 0 Å². The molecule has 0 unspecified atom stereocenters. The molecule has 4 heterocycles. The molecule has 0 bridgehead atoms. The largest absolute Gasteiger partial charge is 0.311 e. The van der Waals surface area contributed by atoms with Gasteiger partial charge in [-0.05, 0) is 241 Å². The number of hydrogen-bond donors (Lipinski definition) is 0. The van der Waals surface area contributed by atoms with Gasteiger partial charge in [0.05, 0.1) is 33.3 Å². The van der Waals surface area contributed by atoms with Crippen molar-refractivity contribution in [1.82, 2.24) is 9.13 Å². The summed E-state index contributed by atoms with van der Waals surface area (Å²) in [4.78, 5) is 5.25. The Balaban J connectivity index is 1.04. The molecule has 0 spiro atoms. The number of para-hydroxylation sites is 2. The van der Waals surface area contributed by atoms with E-state index in [0.29, 0.717) is 5.56 Å². The zero-order chi connectivity index (χ0) is 79.7. The topological polar surface area (TPSA) is 40.1 Å². The van der Waals surface area contributed by atoms with Gasteiger partial charge in [0.1, 0.15) is 6.07 Å². The smallest absolute Gasteiger partial charge is 0.252 e. The molecule has 13 aromatic carbocycles. The maximum absolute atomic E-state index is 11.6. The van der Waals surface area contributed by atoms with Crippen molar-refractivity contribution in [2.24, 2.45) is 0 Å². The summed E-state index contributed by atoms with van der Waals surface area (Å²) in [6.45, 7) is 48.8. The van der Waals surface area contributed by atoms with Gasteiger partial charge in [-0.15, -0.1) is 0 Å². The van der Waals surface area contributed by atoms with Crippen molar-refractivity contribution in [1.29, 1.82) is 5.26 Å². The van der Waals surface area contributed by atoms with Crippen LogP contribution in [0.25, 0.3) is 99.5 Å². The Morgan fingerprint density at radius 2 is 0.619 bits per heavy atom. The summed E-state index contributed by atoms with van der Waals surface area (Å²) in [5, 5.41) is 16.4. The molecule has 15 aromatic rings. The van der Waals surface area contributed by atoms with Crippen molar-refractivity contribution in [3.05, 3.63) is 305 Å². The number of nitrogens with zero attached hydrogens (tertiary/aromatic N) is 5. The first-order valence-electron chi connectivity index (χ1n) is 40.7. The number of rotatable bonds is 8. The molecule has 6 heteroatoms. The minimum atomic E-state index is -0.274. The average molecular weight is 1470 g/mol. The van der Waals surface area contributed by atoms with Crippen LogP contribution >= 0.6 is 0 Å². The van der Waals surface area contributed by atoms with Crippen molar-refractivity contribution in [2.75, 3.05) is 9.80 Å². The zero-order valence-corrected chi connectivity index (χ0v) is 70.1. The quantitative estimate of drug-likeness (QED) is 0.142. The highest BCUT2D eigenvalue weighted by Gasteiger charge is 2.45. The maximum atomic E-state index is 11.6. The van der Waals surface area contributed by atoms with Crippen molar-refractivity contribution in [3.8, 4) is 62.0 Å². The molecule has 0 saturated heterocycles. The van der Waals surface area contributed by atoms with Gasteiger partial charge in [0.2, 0.25) is 0 Å². The summed E-state index contributed by atoms with van der Waals surface area (Å²) >= 11 is 0. The van der Waals surface area contributed by atoms with Gasteiger partial charge in [0.15, 0.2) is 0 Å². The van der Waals surface area contributed by atoms with Crippen LogP contribution in [0.5, 0.6) is 0 Å². The SMILES string of the molecule is CC(C)(C)c1cccc(-c2cc(-c3ccccc3)cc(N3c4cc(-n5c6ccc(C(C)(C)C)cc6c6cc(C(C)(C)C)ccc65)ccc4B4c5ccc(-c6cc(C(C)(C)C)cc(C(C)(C)C)c6)cc5N(c5ccc(C#N)c(-n6c7ccccc7c7ccccc76)c5)c5cc(-c6cc(C(C)(C)C)cc(C(C)(C)C)c6)cc3c54)c2)c1. The van der Waals surface area contributed by atoms with E-state index in [9.17, 15) is 5.26 Å². The van der Waals surface area contributed by atoms with Crippen molar-refractivity contribution < 1.29 is 0 Å². The molecule has 0 fully saturated rings. The van der Waals surface area contributed by atoms with E-state index in [1.165, 1.54) is 82.7 Å². The molecule has 0 aliphatic carbocycles. The molecule has 0 amide bonds. The van der Waals surface area contributed by atoms with E-state index in [0.717, 1.165) is 106 Å². The second-order valence-corrected chi connectivity index (χ2v) is 39.6. The average Bonchev–Trinajstić information content (AvgIpc) is 0.975. The Morgan fingerprint density at radius 1 is 0.239 bits per heavy atom. The third kappa shape index (κ3) is 13.1. The third-order valence-electron chi connectivity index (χ3n) is 24.3. The van der Waals surface area contributed by atoms with Gasteiger partial charge in [0.25, 0.3) is 6.71 Å². The van der Waals surface area contributed by atoms with E-state index in [1.54, 1.807) is 0 Å². The molecular formula is C107H106BN5. The van der Waals surface area contributed by atoms with Crippen LogP contribution in [-0.4, -0.2) is 15.8 Å². The lowest BCUT2D eigenvalue weighted by Gasteiger charge is -2.45. The van der Waals surface area contributed by atoms with E-state index in [2.05, 4.69) is 431 Å². The Labute approximate surface area is 671 Å². The van der Waals surface area contributed by atoms with Gasteiger partial charge in [-0.25, -0.2) is 0 Å². The summed E-state index contributed by atoms with van der Waals surface area (Å²) in [6.07, 6.45) is 0. The normalized spacial score (nSPS) is 13.5. The first kappa shape index (κ1) is 74.4. The number of fused-ring (bicyclic) bond motifs is 10. The van der Waals surface area contributed by atoms with E-state index in [1.807, 2.05) is 0 Å². The van der Waals surface area contributed by atoms with Crippen LogP contribution in [0.3, 0.4) is 0 Å². The van der Waals surface area contributed by atoms with Crippen LogP contribution in [-0.2, 0) is 37.9 Å². The maximum Gasteiger partial charge on any atom is 0.252 e. The first-order chi connectivity index (χ1) is 53.4. The van der Waals surface area contributed by atoms with Gasteiger partial charge in [0, 0.05) is 61.4 Å². The number of aromatic nitrogens is 2. The monoisotopic (exact) mass is 1470 g/mol. The summed E-state index contributed by atoms with van der Waals surface area (Å²) < 4.78 is 4.88. The zero-order valence-electron chi connectivity index (χ0n) is 70.1. The molecular weight excluding hydrogens is 1370 g/mol. The molecule has 2 aromatic heterocycles. The molecule has 0 radical (unpaired) electrons. The van der Waals surface area contributed by atoms with Crippen LogP contribution < -0.4 is 26.2 Å². The van der Waals surface area contributed by atoms with Crippen LogP contribution in [0.2, 0.25) is 0 Å². The second-order valence-electron chi connectivity index (χ2n) is 39.6. The summed E-state index contributed by atoms with van der Waals surface area (Å²) in [5.41, 5.74) is 34.3. The number of nitriles is 1. The lowest BCUT2D eigenvalue weighted by atomic mass is 9.33.